The Bertz CT molecular complexity index is 702. The van der Waals surface area contributed by atoms with Crippen LogP contribution in [0.2, 0.25) is 0 Å². The van der Waals surface area contributed by atoms with Crippen LogP contribution in [0.1, 0.15) is 25.8 Å². The summed E-state index contributed by atoms with van der Waals surface area (Å²) in [4.78, 5) is 0. The molecule has 0 aliphatic rings. The lowest BCUT2D eigenvalue weighted by atomic mass is 10.1. The molecule has 2 rings (SSSR count). The third kappa shape index (κ3) is 4.32. The lowest BCUT2D eigenvalue weighted by Gasteiger charge is -2.08. The van der Waals surface area contributed by atoms with Crippen LogP contribution in [0.15, 0.2) is 30.5 Å². The molecule has 0 spiro atoms. The van der Waals surface area contributed by atoms with Gasteiger partial charge in [0.25, 0.3) is 0 Å². The molecule has 0 bridgehead atoms. The molecule has 0 aliphatic carbocycles. The second-order valence-corrected chi connectivity index (χ2v) is 8.15. The van der Waals surface area contributed by atoms with E-state index in [-0.39, 0.29) is 17.5 Å². The molecule has 21 heavy (non-hydrogen) atoms. The minimum Gasteiger partial charge on any atom is -0.347 e. The number of sulfone groups is 1. The topological polar surface area (TPSA) is 65.1 Å². The maximum absolute atomic E-state index is 11.5. The highest BCUT2D eigenvalue weighted by molar-refractivity contribution is 7.91. The molecule has 0 saturated carbocycles. The minimum absolute atomic E-state index is 0.156. The van der Waals surface area contributed by atoms with Gasteiger partial charge in [-0.2, -0.15) is 0 Å². The van der Waals surface area contributed by atoms with Gasteiger partial charge in [-0.05, 0) is 48.9 Å². The van der Waals surface area contributed by atoms with E-state index in [9.17, 15) is 8.42 Å². The van der Waals surface area contributed by atoms with Crippen LogP contribution in [0, 0.1) is 0 Å². The molecule has 116 valence electrons. The summed E-state index contributed by atoms with van der Waals surface area (Å²) in [5.41, 5.74) is 8.22. The van der Waals surface area contributed by atoms with E-state index in [0.29, 0.717) is 6.42 Å². The summed E-state index contributed by atoms with van der Waals surface area (Å²) in [6.45, 7) is 4.43. The maximum Gasteiger partial charge on any atom is 0.150 e. The zero-order valence-electron chi connectivity index (χ0n) is 12.7. The first-order valence-electron chi connectivity index (χ1n) is 7.45. The van der Waals surface area contributed by atoms with E-state index in [4.69, 9.17) is 5.73 Å². The molecule has 1 atom stereocenters. The van der Waals surface area contributed by atoms with Gasteiger partial charge >= 0.3 is 0 Å². The predicted molar refractivity (Wildman–Crippen MR) is 88.2 cm³/mol. The molecule has 5 heteroatoms. The lowest BCUT2D eigenvalue weighted by molar-refractivity contribution is 0.589. The van der Waals surface area contributed by atoms with E-state index in [1.165, 1.54) is 10.9 Å². The van der Waals surface area contributed by atoms with Crippen LogP contribution in [0.5, 0.6) is 0 Å². The van der Waals surface area contributed by atoms with Crippen molar-refractivity contribution in [2.45, 2.75) is 39.3 Å². The minimum atomic E-state index is -2.87. The Morgan fingerprint density at radius 3 is 2.71 bits per heavy atom. The monoisotopic (exact) mass is 308 g/mol. The molecule has 2 aromatic rings. The fourth-order valence-electron chi connectivity index (χ4n) is 2.54. The quantitative estimate of drug-likeness (QED) is 0.854. The van der Waals surface area contributed by atoms with Crippen molar-refractivity contribution in [1.29, 1.82) is 0 Å². The summed E-state index contributed by atoms with van der Waals surface area (Å²) in [5, 5.41) is 1.19. The van der Waals surface area contributed by atoms with Crippen LogP contribution in [-0.4, -0.2) is 30.5 Å². The summed E-state index contributed by atoms with van der Waals surface area (Å²) >= 11 is 0. The second-order valence-electron chi connectivity index (χ2n) is 5.67. The van der Waals surface area contributed by atoms with Crippen LogP contribution in [0.3, 0.4) is 0 Å². The molecule has 0 fully saturated rings. The zero-order chi connectivity index (χ0) is 15.5. The average molecular weight is 308 g/mol. The lowest BCUT2D eigenvalue weighted by Crippen LogP contribution is -2.17. The molecule has 4 nitrogen and oxygen atoms in total. The third-order valence-electron chi connectivity index (χ3n) is 3.69. The molecule has 1 aromatic heterocycles. The van der Waals surface area contributed by atoms with Crippen molar-refractivity contribution in [2.75, 3.05) is 11.5 Å². The summed E-state index contributed by atoms with van der Waals surface area (Å²) in [6, 6.07) is 8.60. The van der Waals surface area contributed by atoms with Crippen molar-refractivity contribution >= 4 is 20.7 Å². The van der Waals surface area contributed by atoms with Gasteiger partial charge in [0.05, 0.1) is 5.75 Å². The Hall–Kier alpha value is -1.33. The van der Waals surface area contributed by atoms with Gasteiger partial charge in [0.2, 0.25) is 0 Å². The van der Waals surface area contributed by atoms with Gasteiger partial charge in [-0.3, -0.25) is 0 Å². The highest BCUT2D eigenvalue weighted by Crippen LogP contribution is 2.19. The Labute approximate surface area is 126 Å². The Kier molecular flexibility index (Phi) is 5.06. The fourth-order valence-corrected chi connectivity index (χ4v) is 3.40. The van der Waals surface area contributed by atoms with E-state index in [1.54, 1.807) is 6.92 Å². The zero-order valence-corrected chi connectivity index (χ0v) is 13.6. The molecule has 0 radical (unpaired) electrons. The van der Waals surface area contributed by atoms with Crippen molar-refractivity contribution in [3.05, 3.63) is 36.0 Å². The molecule has 2 N–H and O–H groups in total. The van der Waals surface area contributed by atoms with Crippen molar-refractivity contribution < 1.29 is 8.42 Å². The SMILES string of the molecule is CCS(=O)(=O)CCCn1ccc2cc(CC(C)N)ccc21. The molecule has 1 unspecified atom stereocenters. The van der Waals surface area contributed by atoms with Gasteiger partial charge in [-0.25, -0.2) is 8.42 Å². The number of hydrogen-bond acceptors (Lipinski definition) is 3. The number of benzene rings is 1. The molecule has 0 saturated heterocycles. The first-order valence-corrected chi connectivity index (χ1v) is 9.27. The molecular formula is C16H24N2O2S. The number of rotatable bonds is 7. The summed E-state index contributed by atoms with van der Waals surface area (Å²) in [6.07, 6.45) is 3.55. The fraction of sp³-hybridized carbons (Fsp3) is 0.500. The largest absolute Gasteiger partial charge is 0.347 e. The van der Waals surface area contributed by atoms with Crippen molar-refractivity contribution in [1.82, 2.24) is 4.57 Å². The normalized spacial score (nSPS) is 13.7. The number of fused-ring (bicyclic) bond motifs is 1. The highest BCUT2D eigenvalue weighted by atomic mass is 32.2. The van der Waals surface area contributed by atoms with Crippen LogP contribution >= 0.6 is 0 Å². The van der Waals surface area contributed by atoms with E-state index in [1.807, 2.05) is 13.1 Å². The first-order chi connectivity index (χ1) is 9.91. The van der Waals surface area contributed by atoms with Gasteiger partial charge in [0, 0.05) is 30.1 Å². The number of nitrogens with zero attached hydrogens (tertiary/aromatic N) is 1. The third-order valence-corrected chi connectivity index (χ3v) is 5.48. The molecule has 1 aromatic carbocycles. The van der Waals surface area contributed by atoms with Crippen molar-refractivity contribution in [2.24, 2.45) is 5.73 Å². The smallest absolute Gasteiger partial charge is 0.150 e. The second kappa shape index (κ2) is 6.62. The van der Waals surface area contributed by atoms with Crippen molar-refractivity contribution in [3.63, 3.8) is 0 Å². The highest BCUT2D eigenvalue weighted by Gasteiger charge is 2.08. The van der Waals surface area contributed by atoms with E-state index < -0.39 is 9.84 Å². The summed E-state index contributed by atoms with van der Waals surface area (Å²) in [7, 11) is -2.87. The average Bonchev–Trinajstić information content (AvgIpc) is 2.80. The van der Waals surface area contributed by atoms with Crippen LogP contribution in [0.4, 0.5) is 0 Å². The van der Waals surface area contributed by atoms with Crippen molar-refractivity contribution in [3.8, 4) is 0 Å². The van der Waals surface area contributed by atoms with Crippen LogP contribution in [-0.2, 0) is 22.8 Å². The van der Waals surface area contributed by atoms with E-state index in [2.05, 4.69) is 28.8 Å². The standard InChI is InChI=1S/C16H24N2O2S/c1-3-21(19,20)10-4-8-18-9-7-15-12-14(11-13(2)17)5-6-16(15)18/h5-7,9,12-13H,3-4,8,10-11,17H2,1-2H3. The summed E-state index contributed by atoms with van der Waals surface area (Å²) in [5.74, 6) is 0.478. The maximum atomic E-state index is 11.5. The van der Waals surface area contributed by atoms with Gasteiger partial charge in [-0.1, -0.05) is 13.0 Å². The molecule has 0 aliphatic heterocycles. The van der Waals surface area contributed by atoms with Gasteiger partial charge in [0.15, 0.2) is 0 Å². The molecular weight excluding hydrogens is 284 g/mol. The molecule has 1 heterocycles. The van der Waals surface area contributed by atoms with Gasteiger partial charge in [0.1, 0.15) is 9.84 Å². The predicted octanol–water partition coefficient (Wildman–Crippen LogP) is 2.36. The first kappa shape index (κ1) is 16.0. The number of aromatic nitrogens is 1. The van der Waals surface area contributed by atoms with Crippen LogP contribution < -0.4 is 5.73 Å². The van der Waals surface area contributed by atoms with Crippen LogP contribution in [0.25, 0.3) is 10.9 Å². The van der Waals surface area contributed by atoms with E-state index in [0.717, 1.165) is 18.5 Å². The van der Waals surface area contributed by atoms with E-state index >= 15 is 0 Å². The number of nitrogens with two attached hydrogens (primary N) is 1. The summed E-state index contributed by atoms with van der Waals surface area (Å²) < 4.78 is 25.2. The van der Waals surface area contributed by atoms with Gasteiger partial charge < -0.3 is 10.3 Å². The number of hydrogen-bond donors (Lipinski definition) is 1. The molecule has 0 amide bonds. The Balaban J connectivity index is 2.08. The Morgan fingerprint density at radius 2 is 2.05 bits per heavy atom. The Morgan fingerprint density at radius 1 is 1.29 bits per heavy atom. The van der Waals surface area contributed by atoms with Gasteiger partial charge in [-0.15, -0.1) is 0 Å². The number of aryl methyl sites for hydroxylation is 1.